The Labute approximate surface area is 196 Å². The van der Waals surface area contributed by atoms with Crippen molar-refractivity contribution in [3.8, 4) is 12.3 Å². The number of amides is 2. The first-order chi connectivity index (χ1) is 15.6. The molecule has 4 rings (SSSR count). The van der Waals surface area contributed by atoms with Crippen molar-refractivity contribution in [3.63, 3.8) is 0 Å². The van der Waals surface area contributed by atoms with Crippen LogP contribution >= 0.6 is 15.9 Å². The van der Waals surface area contributed by atoms with Gasteiger partial charge in [0.15, 0.2) is 0 Å². The Morgan fingerprint density at radius 2 is 1.78 bits per heavy atom. The molecule has 0 bridgehead atoms. The highest BCUT2D eigenvalue weighted by atomic mass is 79.9. The molecule has 1 aromatic heterocycles. The standard InChI is InChI=1S/C26H24BrN3O2/c1-2-3-6-13-28-14-8-15-30-17-21(20-11-4-5-12-22(20)30)24-23(25(31)29-26(24)32)18-9-7-10-19(27)16-18/h1,4-5,7,9-12,16-17,28H,3,6,8,13-15H2,(H,29,31,32). The number of carbonyl (C=O) groups is 2. The zero-order valence-electron chi connectivity index (χ0n) is 17.7. The Kier molecular flexibility index (Phi) is 6.89. The Bertz CT molecular complexity index is 1250. The van der Waals surface area contributed by atoms with Crippen LogP contribution in [0.3, 0.4) is 0 Å². The average molecular weight is 490 g/mol. The van der Waals surface area contributed by atoms with Crippen LogP contribution in [0.2, 0.25) is 0 Å². The number of rotatable bonds is 9. The average Bonchev–Trinajstić information content (AvgIpc) is 3.29. The largest absolute Gasteiger partial charge is 0.347 e. The van der Waals surface area contributed by atoms with Crippen LogP contribution in [-0.2, 0) is 16.1 Å². The summed E-state index contributed by atoms with van der Waals surface area (Å²) in [4.78, 5) is 25.6. The normalized spacial score (nSPS) is 13.6. The quantitative estimate of drug-likeness (QED) is 0.266. The van der Waals surface area contributed by atoms with Gasteiger partial charge in [-0.3, -0.25) is 14.9 Å². The van der Waals surface area contributed by atoms with Gasteiger partial charge >= 0.3 is 0 Å². The lowest BCUT2D eigenvalue weighted by Gasteiger charge is -2.06. The molecule has 3 aromatic rings. The smallest absolute Gasteiger partial charge is 0.259 e. The number of unbranched alkanes of at least 4 members (excludes halogenated alkanes) is 1. The summed E-state index contributed by atoms with van der Waals surface area (Å²) in [7, 11) is 0. The molecule has 6 heteroatoms. The van der Waals surface area contributed by atoms with E-state index in [0.29, 0.717) is 16.7 Å². The molecule has 5 nitrogen and oxygen atoms in total. The predicted octanol–water partition coefficient (Wildman–Crippen LogP) is 4.36. The number of benzene rings is 2. The molecule has 2 amide bonds. The van der Waals surface area contributed by atoms with Crippen LogP contribution in [0.5, 0.6) is 0 Å². The second-order valence-electron chi connectivity index (χ2n) is 7.71. The number of imide groups is 1. The van der Waals surface area contributed by atoms with Crippen LogP contribution in [0, 0.1) is 12.3 Å². The SMILES string of the molecule is C#CCCCNCCCn1cc(C2=C(c3cccc(Br)c3)C(=O)NC2=O)c2ccccc21. The highest BCUT2D eigenvalue weighted by molar-refractivity contribution is 9.10. The molecular formula is C26H24BrN3O2. The summed E-state index contributed by atoms with van der Waals surface area (Å²) in [6.45, 7) is 2.60. The zero-order valence-corrected chi connectivity index (χ0v) is 19.2. The first-order valence-corrected chi connectivity index (χ1v) is 11.5. The lowest BCUT2D eigenvalue weighted by Crippen LogP contribution is -2.22. The molecule has 0 spiro atoms. The third-order valence-corrected chi connectivity index (χ3v) is 6.02. The van der Waals surface area contributed by atoms with E-state index in [1.807, 2.05) is 54.7 Å². The molecule has 0 radical (unpaired) electrons. The number of carbonyl (C=O) groups excluding carboxylic acids is 2. The lowest BCUT2D eigenvalue weighted by atomic mass is 9.96. The van der Waals surface area contributed by atoms with Crippen molar-refractivity contribution in [2.75, 3.05) is 13.1 Å². The van der Waals surface area contributed by atoms with Gasteiger partial charge in [-0.25, -0.2) is 0 Å². The summed E-state index contributed by atoms with van der Waals surface area (Å²) in [6, 6.07) is 15.5. The van der Waals surface area contributed by atoms with Crippen molar-refractivity contribution >= 4 is 49.8 Å². The van der Waals surface area contributed by atoms with E-state index < -0.39 is 0 Å². The molecule has 1 aliphatic heterocycles. The van der Waals surface area contributed by atoms with E-state index in [-0.39, 0.29) is 11.8 Å². The van der Waals surface area contributed by atoms with E-state index in [1.165, 1.54) is 0 Å². The number of terminal acetylenes is 1. The van der Waals surface area contributed by atoms with Crippen molar-refractivity contribution in [2.45, 2.75) is 25.8 Å². The molecule has 1 aliphatic rings. The van der Waals surface area contributed by atoms with Crippen molar-refractivity contribution in [2.24, 2.45) is 0 Å². The van der Waals surface area contributed by atoms with Crippen molar-refractivity contribution < 1.29 is 9.59 Å². The van der Waals surface area contributed by atoms with Crippen LogP contribution < -0.4 is 10.6 Å². The number of hydrogen-bond acceptors (Lipinski definition) is 3. The number of fused-ring (bicyclic) bond motifs is 1. The highest BCUT2D eigenvalue weighted by Gasteiger charge is 2.33. The van der Waals surface area contributed by atoms with Crippen LogP contribution in [0.4, 0.5) is 0 Å². The van der Waals surface area contributed by atoms with Gasteiger partial charge in [0, 0.05) is 40.1 Å². The maximum Gasteiger partial charge on any atom is 0.259 e. The summed E-state index contributed by atoms with van der Waals surface area (Å²) in [6.07, 6.45) is 9.99. The van der Waals surface area contributed by atoms with Gasteiger partial charge in [0.05, 0.1) is 11.1 Å². The molecule has 0 saturated carbocycles. The van der Waals surface area contributed by atoms with E-state index in [2.05, 4.69) is 37.1 Å². The van der Waals surface area contributed by atoms with Gasteiger partial charge in [0.2, 0.25) is 0 Å². The number of hydrogen-bond donors (Lipinski definition) is 2. The molecule has 0 unspecified atom stereocenters. The van der Waals surface area contributed by atoms with Crippen molar-refractivity contribution in [1.29, 1.82) is 0 Å². The summed E-state index contributed by atoms with van der Waals surface area (Å²) in [5.41, 5.74) is 3.37. The lowest BCUT2D eigenvalue weighted by molar-refractivity contribution is -0.122. The van der Waals surface area contributed by atoms with Crippen molar-refractivity contribution in [3.05, 3.63) is 70.3 Å². The predicted molar refractivity (Wildman–Crippen MR) is 132 cm³/mol. The number of para-hydroxylation sites is 1. The zero-order chi connectivity index (χ0) is 22.5. The monoisotopic (exact) mass is 489 g/mol. The third kappa shape index (κ3) is 4.55. The minimum Gasteiger partial charge on any atom is -0.347 e. The van der Waals surface area contributed by atoms with Crippen LogP contribution in [0.1, 0.15) is 30.4 Å². The van der Waals surface area contributed by atoms with E-state index in [0.717, 1.165) is 59.8 Å². The molecule has 0 fully saturated rings. The number of nitrogens with one attached hydrogen (secondary N) is 2. The minimum atomic E-state index is -0.365. The van der Waals surface area contributed by atoms with Gasteiger partial charge in [0.25, 0.3) is 11.8 Å². The molecule has 2 heterocycles. The maximum absolute atomic E-state index is 12.9. The molecule has 2 N–H and O–H groups in total. The molecule has 162 valence electrons. The first kappa shape index (κ1) is 22.1. The van der Waals surface area contributed by atoms with Crippen LogP contribution in [0.25, 0.3) is 22.0 Å². The fraction of sp³-hybridized carbons (Fsp3) is 0.231. The fourth-order valence-corrected chi connectivity index (χ4v) is 4.48. The number of nitrogens with zero attached hydrogens (tertiary/aromatic N) is 1. The third-order valence-electron chi connectivity index (χ3n) is 5.53. The summed E-state index contributed by atoms with van der Waals surface area (Å²) in [5.74, 6) is 1.93. The minimum absolute atomic E-state index is 0.358. The van der Waals surface area contributed by atoms with Crippen LogP contribution in [0.15, 0.2) is 59.2 Å². The summed E-state index contributed by atoms with van der Waals surface area (Å²) < 4.78 is 3.02. The number of aryl methyl sites for hydroxylation is 1. The highest BCUT2D eigenvalue weighted by Crippen LogP contribution is 2.36. The van der Waals surface area contributed by atoms with Gasteiger partial charge in [-0.15, -0.1) is 12.3 Å². The Morgan fingerprint density at radius 1 is 1.00 bits per heavy atom. The van der Waals surface area contributed by atoms with Crippen molar-refractivity contribution in [1.82, 2.24) is 15.2 Å². The summed E-state index contributed by atoms with van der Waals surface area (Å²) >= 11 is 3.46. The second-order valence-corrected chi connectivity index (χ2v) is 8.62. The second kappa shape index (κ2) is 9.99. The molecular weight excluding hydrogens is 466 g/mol. The Balaban J connectivity index is 1.67. The van der Waals surface area contributed by atoms with Gasteiger partial charge in [-0.1, -0.05) is 46.3 Å². The first-order valence-electron chi connectivity index (χ1n) is 10.7. The molecule has 2 aromatic carbocycles. The summed E-state index contributed by atoms with van der Waals surface area (Å²) in [5, 5.41) is 6.86. The van der Waals surface area contributed by atoms with E-state index in [9.17, 15) is 9.59 Å². The number of halogens is 1. The van der Waals surface area contributed by atoms with E-state index in [4.69, 9.17) is 6.42 Å². The van der Waals surface area contributed by atoms with Gasteiger partial charge < -0.3 is 9.88 Å². The van der Waals surface area contributed by atoms with Gasteiger partial charge in [0.1, 0.15) is 0 Å². The maximum atomic E-state index is 12.9. The Hall–Kier alpha value is -3.14. The Morgan fingerprint density at radius 3 is 2.59 bits per heavy atom. The molecule has 32 heavy (non-hydrogen) atoms. The number of aromatic nitrogens is 1. The molecule has 0 aliphatic carbocycles. The fourth-order valence-electron chi connectivity index (χ4n) is 4.08. The topological polar surface area (TPSA) is 63.1 Å². The molecule has 0 atom stereocenters. The van der Waals surface area contributed by atoms with Gasteiger partial charge in [-0.05, 0) is 49.7 Å². The van der Waals surface area contributed by atoms with E-state index in [1.54, 1.807) is 0 Å². The van der Waals surface area contributed by atoms with Gasteiger partial charge in [-0.2, -0.15) is 0 Å². The van der Waals surface area contributed by atoms with Crippen LogP contribution in [-0.4, -0.2) is 29.5 Å². The molecule has 0 saturated heterocycles. The van der Waals surface area contributed by atoms with E-state index >= 15 is 0 Å².